The van der Waals surface area contributed by atoms with Crippen molar-refractivity contribution in [2.45, 2.75) is 65.6 Å². The van der Waals surface area contributed by atoms with Gasteiger partial charge in [0.15, 0.2) is 0 Å². The van der Waals surface area contributed by atoms with Crippen molar-refractivity contribution in [3.63, 3.8) is 0 Å². The minimum absolute atomic E-state index is 0.193. The summed E-state index contributed by atoms with van der Waals surface area (Å²) >= 11 is 0. The molecule has 0 spiro atoms. The molecule has 0 aliphatic carbocycles. The smallest absolute Gasteiger partial charge is 0.227 e. The van der Waals surface area contributed by atoms with Crippen LogP contribution in [0.15, 0.2) is 110 Å². The molecule has 0 radical (unpaired) electrons. The van der Waals surface area contributed by atoms with E-state index in [1.165, 1.54) is 0 Å². The van der Waals surface area contributed by atoms with Gasteiger partial charge >= 0.3 is 0 Å². The maximum atomic E-state index is 12.1. The first kappa shape index (κ1) is 42.3. The second-order valence-electron chi connectivity index (χ2n) is 17.0. The third-order valence-corrected chi connectivity index (χ3v) is 12.8. The molecule has 2 amide bonds. The molecular formula is C52H52N8O4. The first-order chi connectivity index (χ1) is 30.9. The van der Waals surface area contributed by atoms with Gasteiger partial charge in [0.2, 0.25) is 11.8 Å². The number of aryl methyl sites for hydroxylation is 2. The molecule has 2 atom stereocenters. The number of benzene rings is 2. The van der Waals surface area contributed by atoms with E-state index in [9.17, 15) is 19.8 Å². The molecule has 2 saturated heterocycles. The summed E-state index contributed by atoms with van der Waals surface area (Å²) in [4.78, 5) is 46.0. The van der Waals surface area contributed by atoms with E-state index in [0.717, 1.165) is 126 Å². The highest BCUT2D eigenvalue weighted by molar-refractivity contribution is 5.99. The highest BCUT2D eigenvalue weighted by Gasteiger charge is 2.24. The van der Waals surface area contributed by atoms with Crippen molar-refractivity contribution >= 4 is 45.3 Å². The average Bonchev–Trinajstić information content (AvgIpc) is 4.09. The van der Waals surface area contributed by atoms with Crippen LogP contribution in [0.3, 0.4) is 0 Å². The summed E-state index contributed by atoms with van der Waals surface area (Å²) in [5, 5.41) is 22.1. The molecule has 12 nitrogen and oxygen atoms in total. The number of nitrogens with zero attached hydrogens (tertiary/aromatic N) is 8. The Bertz CT molecular complexity index is 2850. The second-order valence-corrected chi connectivity index (χ2v) is 17.0. The zero-order valence-corrected chi connectivity index (χ0v) is 37.1. The number of aromatic nitrogens is 6. The Labute approximate surface area is 372 Å². The first-order valence-corrected chi connectivity index (χ1v) is 21.9. The van der Waals surface area contributed by atoms with E-state index < -0.39 is 12.2 Å². The van der Waals surface area contributed by atoms with E-state index in [0.29, 0.717) is 12.8 Å². The van der Waals surface area contributed by atoms with Crippen LogP contribution in [0.25, 0.3) is 66.6 Å². The van der Waals surface area contributed by atoms with Crippen molar-refractivity contribution in [2.75, 3.05) is 22.9 Å². The second kappa shape index (κ2) is 17.3. The Morgan fingerprint density at radius 1 is 0.531 bits per heavy atom. The number of anilines is 2. The van der Waals surface area contributed by atoms with E-state index in [2.05, 4.69) is 70.4 Å². The van der Waals surface area contributed by atoms with E-state index in [-0.39, 0.29) is 11.8 Å². The Balaban J connectivity index is 0.000000162. The monoisotopic (exact) mass is 852 g/mol. The molecule has 10 rings (SSSR count). The number of pyridine rings is 4. The molecule has 2 fully saturated rings. The minimum atomic E-state index is -0.577. The molecule has 8 aromatic rings. The van der Waals surface area contributed by atoms with Gasteiger partial charge in [-0.1, -0.05) is 24.3 Å². The fourth-order valence-electron chi connectivity index (χ4n) is 9.10. The van der Waals surface area contributed by atoms with E-state index >= 15 is 0 Å². The predicted molar refractivity (Wildman–Crippen MR) is 253 cm³/mol. The highest BCUT2D eigenvalue weighted by atomic mass is 16.3. The van der Waals surface area contributed by atoms with Crippen LogP contribution >= 0.6 is 0 Å². The zero-order chi connectivity index (χ0) is 44.8. The standard InChI is InChI=1S/2C26H26N4O2/c2*1-16-22(18-6-8-20(9-7-18)30-10-4-5-25(30)32)13-27-14-23(16)24-15-29(3)26-21(24)11-19(12-28-26)17(2)31/h2*6-9,11-15,17,31H,4-5,10H2,1-3H3/t2*17-/m10/s1. The Morgan fingerprint density at radius 3 is 1.25 bits per heavy atom. The van der Waals surface area contributed by atoms with Gasteiger partial charge in [-0.2, -0.15) is 0 Å². The lowest BCUT2D eigenvalue weighted by atomic mass is 9.95. The fourth-order valence-corrected chi connectivity index (χ4v) is 9.10. The zero-order valence-electron chi connectivity index (χ0n) is 37.1. The van der Waals surface area contributed by atoms with E-state index in [4.69, 9.17) is 0 Å². The molecule has 0 unspecified atom stereocenters. The maximum absolute atomic E-state index is 12.1. The van der Waals surface area contributed by atoms with Crippen LogP contribution in [0.2, 0.25) is 0 Å². The van der Waals surface area contributed by atoms with Crippen molar-refractivity contribution in [1.29, 1.82) is 0 Å². The van der Waals surface area contributed by atoms with Crippen LogP contribution in [-0.4, -0.2) is 64.2 Å². The topological polar surface area (TPSA) is 142 Å². The summed E-state index contributed by atoms with van der Waals surface area (Å²) in [5.41, 5.74) is 15.9. The lowest BCUT2D eigenvalue weighted by Crippen LogP contribution is -2.23. The van der Waals surface area contributed by atoms with Crippen LogP contribution < -0.4 is 9.80 Å². The molecule has 2 aliphatic heterocycles. The molecular weight excluding hydrogens is 801 g/mol. The minimum Gasteiger partial charge on any atom is -0.389 e. The van der Waals surface area contributed by atoms with Gasteiger partial charge in [-0.15, -0.1) is 0 Å². The summed E-state index contributed by atoms with van der Waals surface area (Å²) in [6.45, 7) is 9.29. The third-order valence-electron chi connectivity index (χ3n) is 12.8. The SMILES string of the molecule is Cc1c(-c2ccc(N3CCCC3=O)cc2)cncc1-c1cn(C)c2ncc([C@@H](C)O)cc12.Cc1c(-c2ccc(N3CCCC3=O)cc2)cncc1-c1cn(C)c2ncc([C@H](C)O)cc12. The van der Waals surface area contributed by atoms with Crippen molar-refractivity contribution < 1.29 is 19.8 Å². The van der Waals surface area contributed by atoms with Gasteiger partial charge in [0, 0.05) is 145 Å². The van der Waals surface area contributed by atoms with Gasteiger partial charge in [0.1, 0.15) is 11.3 Å². The molecule has 2 aromatic carbocycles. The molecule has 2 N–H and O–H groups in total. The van der Waals surface area contributed by atoms with Gasteiger partial charge in [0.25, 0.3) is 0 Å². The first-order valence-electron chi connectivity index (χ1n) is 21.9. The van der Waals surface area contributed by atoms with E-state index in [1.54, 1.807) is 26.2 Å². The van der Waals surface area contributed by atoms with Crippen molar-refractivity contribution in [1.82, 2.24) is 29.1 Å². The van der Waals surface area contributed by atoms with Crippen molar-refractivity contribution in [3.8, 4) is 44.5 Å². The molecule has 0 saturated carbocycles. The average molecular weight is 853 g/mol. The van der Waals surface area contributed by atoms with E-state index in [1.807, 2.05) is 94.2 Å². The van der Waals surface area contributed by atoms with Gasteiger partial charge < -0.3 is 29.1 Å². The highest BCUT2D eigenvalue weighted by Crippen LogP contribution is 2.39. The van der Waals surface area contributed by atoms with Crippen molar-refractivity contribution in [2.24, 2.45) is 14.1 Å². The Morgan fingerprint density at radius 2 is 0.906 bits per heavy atom. The number of carbonyl (C=O) groups excluding carboxylic acids is 2. The van der Waals surface area contributed by atoms with Crippen molar-refractivity contribution in [3.05, 3.63) is 132 Å². The summed E-state index contributed by atoms with van der Waals surface area (Å²) in [6, 6.07) is 20.3. The number of amides is 2. The number of hydrogen-bond acceptors (Lipinski definition) is 8. The number of aliphatic hydroxyl groups excluding tert-OH is 2. The molecule has 64 heavy (non-hydrogen) atoms. The number of hydrogen-bond donors (Lipinski definition) is 2. The summed E-state index contributed by atoms with van der Waals surface area (Å²) in [7, 11) is 3.96. The summed E-state index contributed by atoms with van der Waals surface area (Å²) in [5.74, 6) is 0.387. The molecule has 324 valence electrons. The van der Waals surface area contributed by atoms with Crippen LogP contribution in [0.5, 0.6) is 0 Å². The molecule has 6 aromatic heterocycles. The van der Waals surface area contributed by atoms with Gasteiger partial charge in [-0.3, -0.25) is 19.6 Å². The lowest BCUT2D eigenvalue weighted by Gasteiger charge is -2.16. The number of fused-ring (bicyclic) bond motifs is 2. The maximum Gasteiger partial charge on any atom is 0.227 e. The van der Waals surface area contributed by atoms with Crippen LogP contribution in [-0.2, 0) is 23.7 Å². The van der Waals surface area contributed by atoms with Crippen LogP contribution in [0, 0.1) is 13.8 Å². The number of rotatable bonds is 8. The van der Waals surface area contributed by atoms with Crippen LogP contribution in [0.1, 0.15) is 74.0 Å². The number of aliphatic hydroxyl groups is 2. The van der Waals surface area contributed by atoms with Gasteiger partial charge in [0.05, 0.1) is 12.2 Å². The third kappa shape index (κ3) is 7.84. The number of carbonyl (C=O) groups is 2. The molecule has 2 aliphatic rings. The quantitative estimate of drug-likeness (QED) is 0.154. The van der Waals surface area contributed by atoms with Crippen LogP contribution in [0.4, 0.5) is 11.4 Å². The Hall–Kier alpha value is -7.02. The molecule has 0 bridgehead atoms. The summed E-state index contributed by atoms with van der Waals surface area (Å²) in [6.07, 6.45) is 17.1. The van der Waals surface area contributed by atoms with Gasteiger partial charge in [-0.25, -0.2) is 9.97 Å². The lowest BCUT2D eigenvalue weighted by molar-refractivity contribution is -0.117. The normalized spacial score (nSPS) is 15.0. The van der Waals surface area contributed by atoms with Gasteiger partial charge in [-0.05, 0) is 110 Å². The fraction of sp³-hybridized carbons (Fsp3) is 0.269. The largest absolute Gasteiger partial charge is 0.389 e. The molecule has 12 heteroatoms. The molecule has 8 heterocycles. The Kier molecular flexibility index (Phi) is 11.4. The summed E-state index contributed by atoms with van der Waals surface area (Å²) < 4.78 is 4.01. The predicted octanol–water partition coefficient (Wildman–Crippen LogP) is 9.58.